The average molecular weight is 562 g/mol. The summed E-state index contributed by atoms with van der Waals surface area (Å²) in [6.07, 6.45) is 4.37. The second kappa shape index (κ2) is 9.49. The fourth-order valence-electron chi connectivity index (χ4n) is 5.89. The second-order valence-electron chi connectivity index (χ2n) is 13.2. The van der Waals surface area contributed by atoms with Crippen molar-refractivity contribution >= 4 is 26.5 Å². The maximum atomic E-state index is 6.88. The van der Waals surface area contributed by atoms with E-state index in [1.807, 2.05) is 0 Å². The van der Waals surface area contributed by atoms with Crippen LogP contribution in [0.15, 0.2) is 97.3 Å². The number of fused-ring (bicyclic) bond motifs is 2. The zero-order valence-electron chi connectivity index (χ0n) is 24.7. The van der Waals surface area contributed by atoms with E-state index in [2.05, 4.69) is 153 Å². The summed E-state index contributed by atoms with van der Waals surface area (Å²) in [6.45, 7) is 15.1. The van der Waals surface area contributed by atoms with E-state index in [0.29, 0.717) is 0 Å². The molecular weight excluding hydrogens is 523 g/mol. The number of hydrogen-bond acceptors (Lipinski definition) is 4. The van der Waals surface area contributed by atoms with Crippen LogP contribution in [0.25, 0.3) is 11.3 Å². The molecular formula is C34H39N3OSi2. The summed E-state index contributed by atoms with van der Waals surface area (Å²) in [5, 5.41) is 2.79. The van der Waals surface area contributed by atoms with Crippen LogP contribution in [-0.4, -0.2) is 44.6 Å². The van der Waals surface area contributed by atoms with Crippen molar-refractivity contribution < 1.29 is 4.74 Å². The summed E-state index contributed by atoms with van der Waals surface area (Å²) in [5.74, 6) is 1.88. The summed E-state index contributed by atoms with van der Waals surface area (Å²) in [7, 11) is -1.01. The van der Waals surface area contributed by atoms with Gasteiger partial charge in [0.05, 0.1) is 34.2 Å². The Kier molecular flexibility index (Phi) is 6.31. The number of ether oxygens (including phenoxy) is 1. The van der Waals surface area contributed by atoms with Gasteiger partial charge in [0, 0.05) is 36.1 Å². The quantitative estimate of drug-likeness (QED) is 0.248. The van der Waals surface area contributed by atoms with Crippen LogP contribution in [0.5, 0.6) is 11.5 Å². The predicted octanol–water partition coefficient (Wildman–Crippen LogP) is 6.91. The minimum atomic E-state index is -1.57. The first-order valence-electron chi connectivity index (χ1n) is 14.1. The van der Waals surface area contributed by atoms with Gasteiger partial charge in [-0.25, -0.2) is 4.98 Å². The Morgan fingerprint density at radius 3 is 1.82 bits per heavy atom. The third-order valence-corrected chi connectivity index (χ3v) is 12.3. The number of pyridine rings is 1. The van der Waals surface area contributed by atoms with Gasteiger partial charge >= 0.3 is 0 Å². The number of nitrogens with zero attached hydrogens (tertiary/aromatic N) is 3. The van der Waals surface area contributed by atoms with E-state index in [9.17, 15) is 0 Å². The van der Waals surface area contributed by atoms with E-state index in [4.69, 9.17) is 9.72 Å². The zero-order chi connectivity index (χ0) is 28.3. The van der Waals surface area contributed by atoms with E-state index in [0.717, 1.165) is 46.2 Å². The highest BCUT2D eigenvalue weighted by atomic mass is 28.3. The molecule has 204 valence electrons. The molecule has 4 aromatic rings. The first kappa shape index (κ1) is 26.6. The Hall–Kier alpha value is -3.62. The van der Waals surface area contributed by atoms with Crippen LogP contribution in [0.4, 0.5) is 0 Å². The van der Waals surface area contributed by atoms with Crippen LogP contribution in [-0.2, 0) is 5.54 Å². The summed E-state index contributed by atoms with van der Waals surface area (Å²) < 4.78 is 6.88. The van der Waals surface area contributed by atoms with Gasteiger partial charge in [0.2, 0.25) is 0 Å². The Labute approximate surface area is 241 Å². The Bertz CT molecular complexity index is 1540. The van der Waals surface area contributed by atoms with E-state index in [1.54, 1.807) is 0 Å². The summed E-state index contributed by atoms with van der Waals surface area (Å²) in [4.78, 5) is 10.1. The van der Waals surface area contributed by atoms with Gasteiger partial charge in [-0.2, -0.15) is 0 Å². The molecule has 0 radical (unpaired) electrons. The van der Waals surface area contributed by atoms with Crippen LogP contribution in [0.1, 0.15) is 16.8 Å². The van der Waals surface area contributed by atoms with Crippen molar-refractivity contribution in [2.24, 2.45) is 0 Å². The van der Waals surface area contributed by atoms with Gasteiger partial charge in [0.15, 0.2) is 0 Å². The first-order valence-corrected chi connectivity index (χ1v) is 21.1. The molecule has 6 rings (SSSR count). The normalized spacial score (nSPS) is 16.0. The maximum Gasteiger partial charge on any atom is 0.142 e. The molecule has 0 amide bonds. The number of aromatic nitrogens is 1. The Balaban J connectivity index is 1.69. The summed E-state index contributed by atoms with van der Waals surface area (Å²) in [6, 6.07) is 30.8. The standard InChI is InChI=1S/C34H39N3OSi2/c1-36-20-21-37(24-36)34(33-15-11-14-30(35-33)25-12-9-8-10-13-25)28-18-16-26(39(2,3)4)22-31(28)38-32-23-27(40(5,6)7)17-19-29(32)34/h8-23H,24H2,1-7H3. The third-order valence-electron chi connectivity index (χ3n) is 8.19. The molecule has 3 aromatic carbocycles. The van der Waals surface area contributed by atoms with Crippen molar-refractivity contribution in [2.75, 3.05) is 13.7 Å². The third kappa shape index (κ3) is 4.39. The molecule has 3 heterocycles. The molecule has 2 aliphatic rings. The van der Waals surface area contributed by atoms with Gasteiger partial charge in [-0.05, 0) is 24.3 Å². The summed E-state index contributed by atoms with van der Waals surface area (Å²) in [5.41, 5.74) is 4.72. The molecule has 0 atom stereocenters. The molecule has 4 nitrogen and oxygen atoms in total. The lowest BCUT2D eigenvalue weighted by molar-refractivity contribution is 0.177. The largest absolute Gasteiger partial charge is 0.457 e. The topological polar surface area (TPSA) is 28.6 Å². The highest BCUT2D eigenvalue weighted by molar-refractivity contribution is 6.89. The van der Waals surface area contributed by atoms with Crippen molar-refractivity contribution in [3.8, 4) is 22.8 Å². The molecule has 0 bridgehead atoms. The minimum absolute atomic E-state index is 0.648. The predicted molar refractivity (Wildman–Crippen MR) is 172 cm³/mol. The molecule has 0 saturated heterocycles. The van der Waals surface area contributed by atoms with E-state index in [1.165, 1.54) is 10.4 Å². The average Bonchev–Trinajstić information content (AvgIpc) is 3.37. The highest BCUT2D eigenvalue weighted by Crippen LogP contribution is 2.53. The lowest BCUT2D eigenvalue weighted by Gasteiger charge is -2.46. The first-order chi connectivity index (χ1) is 19.0. The molecule has 0 aliphatic carbocycles. The highest BCUT2D eigenvalue weighted by Gasteiger charge is 2.50. The fraction of sp³-hybridized carbons (Fsp3) is 0.265. The van der Waals surface area contributed by atoms with Crippen molar-refractivity contribution in [1.82, 2.24) is 14.8 Å². The van der Waals surface area contributed by atoms with Gasteiger partial charge in [-0.3, -0.25) is 0 Å². The smallest absolute Gasteiger partial charge is 0.142 e. The van der Waals surface area contributed by atoms with Crippen molar-refractivity contribution in [2.45, 2.75) is 44.8 Å². The van der Waals surface area contributed by atoms with Gasteiger partial charge in [-0.1, -0.05) is 110 Å². The van der Waals surface area contributed by atoms with Crippen molar-refractivity contribution in [3.63, 3.8) is 0 Å². The summed E-state index contributed by atoms with van der Waals surface area (Å²) >= 11 is 0. The fourth-order valence-corrected chi connectivity index (χ4v) is 8.19. The maximum absolute atomic E-state index is 6.88. The van der Waals surface area contributed by atoms with Gasteiger partial charge < -0.3 is 14.5 Å². The molecule has 40 heavy (non-hydrogen) atoms. The Morgan fingerprint density at radius 2 is 1.30 bits per heavy atom. The molecule has 6 heteroatoms. The number of rotatable bonds is 5. The SMILES string of the molecule is CN1C=CN(C2(c3cccc(-c4ccccc4)n3)c3ccc([Si](C)(C)C)cc3Oc3cc([Si](C)(C)C)ccc32)C1. The van der Waals surface area contributed by atoms with Crippen LogP contribution in [0.3, 0.4) is 0 Å². The lowest BCUT2D eigenvalue weighted by atomic mass is 9.76. The molecule has 0 unspecified atom stereocenters. The molecule has 0 N–H and O–H groups in total. The van der Waals surface area contributed by atoms with Crippen LogP contribution < -0.4 is 15.1 Å². The van der Waals surface area contributed by atoms with Gasteiger partial charge in [0.25, 0.3) is 0 Å². The van der Waals surface area contributed by atoms with Crippen LogP contribution in [0, 0.1) is 0 Å². The Morgan fingerprint density at radius 1 is 0.700 bits per heavy atom. The monoisotopic (exact) mass is 561 g/mol. The van der Waals surface area contributed by atoms with Crippen molar-refractivity contribution in [3.05, 3.63) is 114 Å². The number of benzene rings is 3. The minimum Gasteiger partial charge on any atom is -0.457 e. The second-order valence-corrected chi connectivity index (χ2v) is 23.3. The molecule has 2 aliphatic heterocycles. The van der Waals surface area contributed by atoms with E-state index >= 15 is 0 Å². The lowest BCUT2D eigenvalue weighted by Crippen LogP contribution is -2.49. The molecule has 1 aromatic heterocycles. The van der Waals surface area contributed by atoms with Crippen LogP contribution in [0.2, 0.25) is 39.3 Å². The zero-order valence-corrected chi connectivity index (χ0v) is 26.7. The molecule has 0 spiro atoms. The molecule has 0 fully saturated rings. The number of hydrogen-bond donors (Lipinski definition) is 0. The van der Waals surface area contributed by atoms with E-state index < -0.39 is 21.7 Å². The van der Waals surface area contributed by atoms with Gasteiger partial charge in [0.1, 0.15) is 17.0 Å². The van der Waals surface area contributed by atoms with Crippen LogP contribution >= 0.6 is 0 Å². The van der Waals surface area contributed by atoms with Crippen molar-refractivity contribution in [1.29, 1.82) is 0 Å². The molecule has 0 saturated carbocycles. The van der Waals surface area contributed by atoms with Gasteiger partial charge in [-0.15, -0.1) is 0 Å². The van der Waals surface area contributed by atoms with E-state index in [-0.39, 0.29) is 0 Å².